The lowest BCUT2D eigenvalue weighted by atomic mass is 10.0. The lowest BCUT2D eigenvalue weighted by Gasteiger charge is -2.25. The Balaban J connectivity index is 2.53. The topological polar surface area (TPSA) is 40.5 Å². The Morgan fingerprint density at radius 2 is 2.20 bits per heavy atom. The quantitative estimate of drug-likeness (QED) is 0.761. The normalized spacial score (nSPS) is 24.7. The van der Waals surface area contributed by atoms with Gasteiger partial charge in [-0.1, -0.05) is 27.2 Å². The number of hydrogen-bond acceptors (Lipinski definition) is 2. The molecular formula is C12H23NO2. The number of rotatable bonds is 5. The van der Waals surface area contributed by atoms with E-state index in [4.69, 9.17) is 0 Å². The summed E-state index contributed by atoms with van der Waals surface area (Å²) < 4.78 is 0. The minimum Gasteiger partial charge on any atom is -0.480 e. The summed E-state index contributed by atoms with van der Waals surface area (Å²) in [5.74, 6) is 0.506. The Morgan fingerprint density at radius 3 is 2.60 bits per heavy atom. The number of nitrogens with zero attached hydrogens (tertiary/aromatic N) is 1. The van der Waals surface area contributed by atoms with Crippen molar-refractivity contribution in [1.82, 2.24) is 4.90 Å². The average molecular weight is 213 g/mol. The molecule has 1 aliphatic heterocycles. The number of carboxylic acid groups (broad SMARTS) is 1. The average Bonchev–Trinajstić information content (AvgIpc) is 2.61. The summed E-state index contributed by atoms with van der Waals surface area (Å²) in [6, 6.07) is -0.262. The fraction of sp³-hybridized carbons (Fsp3) is 0.917. The summed E-state index contributed by atoms with van der Waals surface area (Å²) in [4.78, 5) is 13.3. The van der Waals surface area contributed by atoms with Crippen LogP contribution in [0.5, 0.6) is 0 Å². The van der Waals surface area contributed by atoms with E-state index >= 15 is 0 Å². The second kappa shape index (κ2) is 5.50. The largest absolute Gasteiger partial charge is 0.480 e. The van der Waals surface area contributed by atoms with Crippen LogP contribution in [-0.4, -0.2) is 35.1 Å². The fourth-order valence-electron chi connectivity index (χ4n) is 2.33. The van der Waals surface area contributed by atoms with Gasteiger partial charge in [0.05, 0.1) is 0 Å². The van der Waals surface area contributed by atoms with E-state index in [1.807, 2.05) is 0 Å². The molecule has 1 N–H and O–H groups in total. The number of hydrogen-bond donors (Lipinski definition) is 1. The Bertz CT molecular complexity index is 216. The maximum atomic E-state index is 11.2. The highest BCUT2D eigenvalue weighted by Crippen LogP contribution is 2.23. The molecule has 88 valence electrons. The van der Waals surface area contributed by atoms with Crippen LogP contribution < -0.4 is 0 Å². The molecule has 3 heteroatoms. The molecule has 0 radical (unpaired) electrons. The molecular weight excluding hydrogens is 190 g/mol. The minimum absolute atomic E-state index is 0.262. The molecule has 0 aromatic carbocycles. The monoisotopic (exact) mass is 213 g/mol. The van der Waals surface area contributed by atoms with E-state index in [2.05, 4.69) is 25.7 Å². The lowest BCUT2D eigenvalue weighted by Crippen LogP contribution is -2.40. The summed E-state index contributed by atoms with van der Waals surface area (Å²) in [5, 5.41) is 9.20. The van der Waals surface area contributed by atoms with E-state index in [1.165, 1.54) is 12.8 Å². The van der Waals surface area contributed by atoms with Crippen LogP contribution >= 0.6 is 0 Å². The molecule has 0 saturated carbocycles. The van der Waals surface area contributed by atoms with Crippen LogP contribution in [-0.2, 0) is 4.79 Å². The standard InChI is InChI=1S/C12H23NO2/c1-4-10-5-6-13(8-10)11(12(14)15)7-9(2)3/h9-11H,4-8H2,1-3H3,(H,14,15). The second-order valence-corrected chi connectivity index (χ2v) is 5.04. The van der Waals surface area contributed by atoms with Gasteiger partial charge in [0, 0.05) is 6.54 Å². The third-order valence-electron chi connectivity index (χ3n) is 3.32. The molecule has 1 rings (SSSR count). The van der Waals surface area contributed by atoms with Gasteiger partial charge in [-0.3, -0.25) is 9.69 Å². The fourth-order valence-corrected chi connectivity index (χ4v) is 2.33. The van der Waals surface area contributed by atoms with E-state index < -0.39 is 5.97 Å². The zero-order valence-corrected chi connectivity index (χ0v) is 10.1. The van der Waals surface area contributed by atoms with Crippen molar-refractivity contribution < 1.29 is 9.90 Å². The van der Waals surface area contributed by atoms with Gasteiger partial charge < -0.3 is 5.11 Å². The van der Waals surface area contributed by atoms with E-state index in [9.17, 15) is 9.90 Å². The Morgan fingerprint density at radius 1 is 1.53 bits per heavy atom. The molecule has 0 amide bonds. The van der Waals surface area contributed by atoms with Crippen molar-refractivity contribution in [2.45, 2.75) is 46.1 Å². The van der Waals surface area contributed by atoms with Crippen molar-refractivity contribution in [2.24, 2.45) is 11.8 Å². The highest BCUT2D eigenvalue weighted by atomic mass is 16.4. The summed E-state index contributed by atoms with van der Waals surface area (Å²) in [6.45, 7) is 8.29. The van der Waals surface area contributed by atoms with E-state index in [0.717, 1.165) is 19.5 Å². The van der Waals surface area contributed by atoms with Crippen LogP contribution in [0.15, 0.2) is 0 Å². The predicted molar refractivity (Wildman–Crippen MR) is 60.8 cm³/mol. The van der Waals surface area contributed by atoms with Crippen molar-refractivity contribution in [2.75, 3.05) is 13.1 Å². The zero-order chi connectivity index (χ0) is 11.4. The Kier molecular flexibility index (Phi) is 4.58. The molecule has 0 aliphatic carbocycles. The molecule has 0 spiro atoms. The predicted octanol–water partition coefficient (Wildman–Crippen LogP) is 2.22. The molecule has 15 heavy (non-hydrogen) atoms. The summed E-state index contributed by atoms with van der Waals surface area (Å²) in [7, 11) is 0. The van der Waals surface area contributed by atoms with Crippen molar-refractivity contribution in [3.63, 3.8) is 0 Å². The highest BCUT2D eigenvalue weighted by molar-refractivity contribution is 5.73. The van der Waals surface area contributed by atoms with Gasteiger partial charge in [-0.25, -0.2) is 0 Å². The molecule has 0 aromatic heterocycles. The van der Waals surface area contributed by atoms with Gasteiger partial charge in [-0.2, -0.15) is 0 Å². The maximum absolute atomic E-state index is 11.2. The lowest BCUT2D eigenvalue weighted by molar-refractivity contribution is -0.143. The van der Waals surface area contributed by atoms with E-state index in [1.54, 1.807) is 0 Å². The molecule has 2 unspecified atom stereocenters. The van der Waals surface area contributed by atoms with Crippen LogP contribution in [0, 0.1) is 11.8 Å². The van der Waals surface area contributed by atoms with Crippen molar-refractivity contribution in [3.05, 3.63) is 0 Å². The molecule has 3 nitrogen and oxygen atoms in total. The van der Waals surface area contributed by atoms with Crippen LogP contribution in [0.4, 0.5) is 0 Å². The minimum atomic E-state index is -0.652. The summed E-state index contributed by atoms with van der Waals surface area (Å²) >= 11 is 0. The molecule has 1 fully saturated rings. The second-order valence-electron chi connectivity index (χ2n) is 5.04. The van der Waals surface area contributed by atoms with Gasteiger partial charge in [0.25, 0.3) is 0 Å². The van der Waals surface area contributed by atoms with Gasteiger partial charge in [0.2, 0.25) is 0 Å². The molecule has 0 aromatic rings. The SMILES string of the molecule is CCC1CCN(C(CC(C)C)C(=O)O)C1. The molecule has 1 aliphatic rings. The van der Waals surface area contributed by atoms with Crippen molar-refractivity contribution in [3.8, 4) is 0 Å². The first-order valence-corrected chi connectivity index (χ1v) is 6.01. The Hall–Kier alpha value is -0.570. The van der Waals surface area contributed by atoms with Gasteiger partial charge in [-0.05, 0) is 31.2 Å². The smallest absolute Gasteiger partial charge is 0.320 e. The van der Waals surface area contributed by atoms with E-state index in [0.29, 0.717) is 11.8 Å². The van der Waals surface area contributed by atoms with Crippen LogP contribution in [0.2, 0.25) is 0 Å². The zero-order valence-electron chi connectivity index (χ0n) is 10.1. The third kappa shape index (κ3) is 3.49. The van der Waals surface area contributed by atoms with Crippen LogP contribution in [0.1, 0.15) is 40.0 Å². The first kappa shape index (κ1) is 12.5. The number of aliphatic carboxylic acids is 1. The first-order valence-electron chi connectivity index (χ1n) is 6.01. The summed E-state index contributed by atoms with van der Waals surface area (Å²) in [6.07, 6.45) is 3.11. The van der Waals surface area contributed by atoms with Crippen molar-refractivity contribution in [1.29, 1.82) is 0 Å². The first-order chi connectivity index (χ1) is 7.04. The van der Waals surface area contributed by atoms with Gasteiger partial charge in [0.1, 0.15) is 6.04 Å². The summed E-state index contributed by atoms with van der Waals surface area (Å²) in [5.41, 5.74) is 0. The number of carboxylic acids is 1. The molecule has 1 saturated heterocycles. The molecule has 1 heterocycles. The highest BCUT2D eigenvalue weighted by Gasteiger charge is 2.31. The molecule has 2 atom stereocenters. The maximum Gasteiger partial charge on any atom is 0.320 e. The van der Waals surface area contributed by atoms with Crippen LogP contribution in [0.3, 0.4) is 0 Å². The number of carbonyl (C=O) groups is 1. The van der Waals surface area contributed by atoms with E-state index in [-0.39, 0.29) is 6.04 Å². The third-order valence-corrected chi connectivity index (χ3v) is 3.32. The number of likely N-dealkylation sites (tertiary alicyclic amines) is 1. The molecule has 0 bridgehead atoms. The van der Waals surface area contributed by atoms with Crippen molar-refractivity contribution >= 4 is 5.97 Å². The van der Waals surface area contributed by atoms with Gasteiger partial charge in [0.15, 0.2) is 0 Å². The van der Waals surface area contributed by atoms with Gasteiger partial charge in [-0.15, -0.1) is 0 Å². The Labute approximate surface area is 92.5 Å². The van der Waals surface area contributed by atoms with Crippen LogP contribution in [0.25, 0.3) is 0 Å². The van der Waals surface area contributed by atoms with Gasteiger partial charge >= 0.3 is 5.97 Å².